The summed E-state index contributed by atoms with van der Waals surface area (Å²) < 4.78 is 0. The van der Waals surface area contributed by atoms with Gasteiger partial charge in [-0.2, -0.15) is 0 Å². The molecule has 126 valence electrons. The van der Waals surface area contributed by atoms with Gasteiger partial charge >= 0.3 is 6.03 Å². The SMILES string of the molecule is O=C(Nc1cccc(CO)c1)N1CCN(c2ccc(O)cc2)CC1. The van der Waals surface area contributed by atoms with Crippen molar-refractivity contribution in [1.82, 2.24) is 4.90 Å². The number of piperazine rings is 1. The number of urea groups is 1. The lowest BCUT2D eigenvalue weighted by Crippen LogP contribution is -2.50. The number of aliphatic hydroxyl groups is 1. The van der Waals surface area contributed by atoms with Crippen molar-refractivity contribution in [3.05, 3.63) is 54.1 Å². The fraction of sp³-hybridized carbons (Fsp3) is 0.278. The fourth-order valence-electron chi connectivity index (χ4n) is 2.78. The summed E-state index contributed by atoms with van der Waals surface area (Å²) in [6.45, 7) is 2.71. The molecule has 0 aliphatic carbocycles. The minimum atomic E-state index is -0.129. The molecule has 0 bridgehead atoms. The van der Waals surface area contributed by atoms with Crippen LogP contribution in [0, 0.1) is 0 Å². The molecular formula is C18H21N3O3. The minimum absolute atomic E-state index is 0.0466. The van der Waals surface area contributed by atoms with Crippen LogP contribution in [0.25, 0.3) is 0 Å². The van der Waals surface area contributed by atoms with Crippen LogP contribution in [0.3, 0.4) is 0 Å². The molecule has 0 saturated carbocycles. The molecule has 6 heteroatoms. The molecule has 0 atom stereocenters. The van der Waals surface area contributed by atoms with Crippen molar-refractivity contribution >= 4 is 17.4 Å². The van der Waals surface area contributed by atoms with Crippen molar-refractivity contribution in [1.29, 1.82) is 0 Å². The highest BCUT2D eigenvalue weighted by Crippen LogP contribution is 2.20. The largest absolute Gasteiger partial charge is 0.508 e. The number of carbonyl (C=O) groups excluding carboxylic acids is 1. The van der Waals surface area contributed by atoms with E-state index in [4.69, 9.17) is 5.11 Å². The summed E-state index contributed by atoms with van der Waals surface area (Å²) in [6.07, 6.45) is 0. The van der Waals surface area contributed by atoms with Crippen molar-refractivity contribution < 1.29 is 15.0 Å². The van der Waals surface area contributed by atoms with Crippen LogP contribution >= 0.6 is 0 Å². The standard InChI is InChI=1S/C18H21N3O3/c22-13-14-2-1-3-15(12-14)19-18(24)21-10-8-20(9-11-21)16-4-6-17(23)7-5-16/h1-7,12,22-23H,8-11,13H2,(H,19,24). The average Bonchev–Trinajstić information content (AvgIpc) is 2.62. The first kappa shape index (κ1) is 16.1. The summed E-state index contributed by atoms with van der Waals surface area (Å²) in [5, 5.41) is 21.4. The molecule has 1 fully saturated rings. The van der Waals surface area contributed by atoms with Crippen LogP contribution in [0.1, 0.15) is 5.56 Å². The topological polar surface area (TPSA) is 76.0 Å². The van der Waals surface area contributed by atoms with Gasteiger partial charge in [-0.3, -0.25) is 0 Å². The van der Waals surface area contributed by atoms with Crippen LogP contribution in [-0.4, -0.2) is 47.3 Å². The molecule has 1 aliphatic rings. The van der Waals surface area contributed by atoms with Gasteiger partial charge in [0, 0.05) is 37.6 Å². The zero-order valence-electron chi connectivity index (χ0n) is 13.4. The number of rotatable bonds is 3. The minimum Gasteiger partial charge on any atom is -0.508 e. The van der Waals surface area contributed by atoms with Gasteiger partial charge in [0.25, 0.3) is 0 Å². The Labute approximate surface area is 140 Å². The van der Waals surface area contributed by atoms with Gasteiger partial charge < -0.3 is 25.3 Å². The molecular weight excluding hydrogens is 306 g/mol. The number of amides is 2. The smallest absolute Gasteiger partial charge is 0.321 e. The molecule has 1 heterocycles. The van der Waals surface area contributed by atoms with E-state index in [-0.39, 0.29) is 18.4 Å². The van der Waals surface area contributed by atoms with Crippen molar-refractivity contribution in [2.75, 3.05) is 36.4 Å². The number of aliphatic hydroxyl groups excluding tert-OH is 1. The second-order valence-corrected chi connectivity index (χ2v) is 5.78. The lowest BCUT2D eigenvalue weighted by atomic mass is 10.2. The predicted octanol–water partition coefficient (Wildman–Crippen LogP) is 2.24. The van der Waals surface area contributed by atoms with E-state index in [2.05, 4.69) is 10.2 Å². The summed E-state index contributed by atoms with van der Waals surface area (Å²) in [5.41, 5.74) is 2.50. The lowest BCUT2D eigenvalue weighted by Gasteiger charge is -2.36. The lowest BCUT2D eigenvalue weighted by molar-refractivity contribution is 0.208. The van der Waals surface area contributed by atoms with E-state index < -0.39 is 0 Å². The molecule has 2 aromatic rings. The summed E-state index contributed by atoms with van der Waals surface area (Å²) in [7, 11) is 0. The summed E-state index contributed by atoms with van der Waals surface area (Å²) in [6, 6.07) is 14.2. The Balaban J connectivity index is 1.55. The van der Waals surface area contributed by atoms with Crippen LogP contribution < -0.4 is 10.2 Å². The van der Waals surface area contributed by atoms with E-state index in [1.807, 2.05) is 30.3 Å². The van der Waals surface area contributed by atoms with Crippen LogP contribution in [0.2, 0.25) is 0 Å². The summed E-state index contributed by atoms with van der Waals surface area (Å²) in [5.74, 6) is 0.252. The number of benzene rings is 2. The number of anilines is 2. The first-order chi connectivity index (χ1) is 11.7. The number of hydrogen-bond donors (Lipinski definition) is 3. The normalized spacial score (nSPS) is 14.5. The van der Waals surface area contributed by atoms with Gasteiger partial charge in [-0.05, 0) is 42.0 Å². The van der Waals surface area contributed by atoms with Crippen LogP contribution in [0.4, 0.5) is 16.2 Å². The van der Waals surface area contributed by atoms with Crippen molar-refractivity contribution in [3.63, 3.8) is 0 Å². The molecule has 0 unspecified atom stereocenters. The number of aromatic hydroxyl groups is 1. The first-order valence-corrected chi connectivity index (χ1v) is 7.95. The molecule has 0 aromatic heterocycles. The highest BCUT2D eigenvalue weighted by molar-refractivity contribution is 5.89. The molecule has 2 amide bonds. The molecule has 0 radical (unpaired) electrons. The van der Waals surface area contributed by atoms with E-state index >= 15 is 0 Å². The third-order valence-corrected chi connectivity index (χ3v) is 4.14. The molecule has 24 heavy (non-hydrogen) atoms. The quantitative estimate of drug-likeness (QED) is 0.808. The first-order valence-electron chi connectivity index (χ1n) is 7.95. The van der Waals surface area contributed by atoms with Crippen LogP contribution in [-0.2, 0) is 6.61 Å². The van der Waals surface area contributed by atoms with Crippen LogP contribution in [0.5, 0.6) is 5.75 Å². The van der Waals surface area contributed by atoms with Crippen molar-refractivity contribution in [3.8, 4) is 5.75 Å². The van der Waals surface area contributed by atoms with Gasteiger partial charge in [-0.15, -0.1) is 0 Å². The Morgan fingerprint density at radius 3 is 2.42 bits per heavy atom. The fourth-order valence-corrected chi connectivity index (χ4v) is 2.78. The van der Waals surface area contributed by atoms with E-state index in [0.717, 1.165) is 24.3 Å². The van der Waals surface area contributed by atoms with Gasteiger partial charge in [0.1, 0.15) is 5.75 Å². The molecule has 6 nitrogen and oxygen atoms in total. The zero-order valence-corrected chi connectivity index (χ0v) is 13.4. The van der Waals surface area contributed by atoms with E-state index in [9.17, 15) is 9.90 Å². The van der Waals surface area contributed by atoms with Gasteiger partial charge in [0.15, 0.2) is 0 Å². The summed E-state index contributed by atoms with van der Waals surface area (Å²) >= 11 is 0. The second-order valence-electron chi connectivity index (χ2n) is 5.78. The number of carbonyl (C=O) groups is 1. The second kappa shape index (κ2) is 7.23. The van der Waals surface area contributed by atoms with E-state index in [0.29, 0.717) is 18.8 Å². The van der Waals surface area contributed by atoms with Gasteiger partial charge in [0.2, 0.25) is 0 Å². The Morgan fingerprint density at radius 1 is 1.04 bits per heavy atom. The Morgan fingerprint density at radius 2 is 1.75 bits per heavy atom. The maximum Gasteiger partial charge on any atom is 0.321 e. The van der Waals surface area contributed by atoms with Gasteiger partial charge in [0.05, 0.1) is 6.61 Å². The Bertz CT molecular complexity index is 695. The monoisotopic (exact) mass is 327 g/mol. The van der Waals surface area contributed by atoms with Crippen molar-refractivity contribution in [2.24, 2.45) is 0 Å². The zero-order chi connectivity index (χ0) is 16.9. The molecule has 1 aliphatic heterocycles. The van der Waals surface area contributed by atoms with E-state index in [1.165, 1.54) is 0 Å². The van der Waals surface area contributed by atoms with Crippen molar-refractivity contribution in [2.45, 2.75) is 6.61 Å². The molecule has 1 saturated heterocycles. The number of nitrogens with zero attached hydrogens (tertiary/aromatic N) is 2. The number of phenolic OH excluding ortho intramolecular Hbond substituents is 1. The average molecular weight is 327 g/mol. The summed E-state index contributed by atoms with van der Waals surface area (Å²) in [4.78, 5) is 16.3. The van der Waals surface area contributed by atoms with Gasteiger partial charge in [-0.1, -0.05) is 12.1 Å². The third-order valence-electron chi connectivity index (χ3n) is 4.14. The van der Waals surface area contributed by atoms with Gasteiger partial charge in [-0.25, -0.2) is 4.79 Å². The maximum absolute atomic E-state index is 12.4. The Hall–Kier alpha value is -2.73. The highest BCUT2D eigenvalue weighted by atomic mass is 16.3. The molecule has 3 rings (SSSR count). The maximum atomic E-state index is 12.4. The molecule has 2 aromatic carbocycles. The molecule has 3 N–H and O–H groups in total. The molecule has 0 spiro atoms. The predicted molar refractivity (Wildman–Crippen MR) is 93.3 cm³/mol. The van der Waals surface area contributed by atoms with Crippen LogP contribution in [0.15, 0.2) is 48.5 Å². The number of phenols is 1. The third kappa shape index (κ3) is 3.78. The number of hydrogen-bond acceptors (Lipinski definition) is 4. The van der Waals surface area contributed by atoms with E-state index in [1.54, 1.807) is 23.1 Å². The number of nitrogens with one attached hydrogen (secondary N) is 1. The Kier molecular flexibility index (Phi) is 4.86. The highest BCUT2D eigenvalue weighted by Gasteiger charge is 2.21.